The van der Waals surface area contributed by atoms with Gasteiger partial charge in [-0.25, -0.2) is 0 Å². The van der Waals surface area contributed by atoms with Crippen LogP contribution in [-0.4, -0.2) is 13.0 Å². The Morgan fingerprint density at radius 1 is 1.23 bits per heavy atom. The Balaban J connectivity index is 2.16. The first-order valence-electron chi connectivity index (χ1n) is 7.45. The van der Waals surface area contributed by atoms with Gasteiger partial charge in [0.1, 0.15) is 5.75 Å². The summed E-state index contributed by atoms with van der Waals surface area (Å²) in [5.41, 5.74) is 8.10. The zero-order chi connectivity index (χ0) is 15.9. The second-order valence-electron chi connectivity index (χ2n) is 5.20. The lowest BCUT2D eigenvalue weighted by Gasteiger charge is -2.17. The minimum atomic E-state index is -0.158. The summed E-state index contributed by atoms with van der Waals surface area (Å²) in [5, 5.41) is 2.94. The Bertz CT molecular complexity index is 626. The smallest absolute Gasteiger partial charge is 0.231 e. The third kappa shape index (κ3) is 3.79. The SMILES string of the molecule is CCCC(C(=O)Nc1ccc(OC)c(N)c1)c1ccccc1. The molecule has 1 unspecified atom stereocenters. The van der Waals surface area contributed by atoms with Crippen molar-refractivity contribution in [1.29, 1.82) is 0 Å². The van der Waals surface area contributed by atoms with E-state index in [0.717, 1.165) is 18.4 Å². The van der Waals surface area contributed by atoms with Crippen molar-refractivity contribution in [1.82, 2.24) is 0 Å². The van der Waals surface area contributed by atoms with Crippen molar-refractivity contribution in [2.45, 2.75) is 25.7 Å². The lowest BCUT2D eigenvalue weighted by molar-refractivity contribution is -0.117. The highest BCUT2D eigenvalue weighted by Gasteiger charge is 2.19. The molecule has 4 nitrogen and oxygen atoms in total. The summed E-state index contributed by atoms with van der Waals surface area (Å²) in [5.74, 6) is 0.429. The highest BCUT2D eigenvalue weighted by Crippen LogP contribution is 2.27. The summed E-state index contributed by atoms with van der Waals surface area (Å²) in [6, 6.07) is 15.1. The average molecular weight is 298 g/mol. The number of nitrogen functional groups attached to an aromatic ring is 1. The number of amides is 1. The number of rotatable bonds is 6. The minimum absolute atomic E-state index is 0.0161. The largest absolute Gasteiger partial charge is 0.495 e. The molecule has 0 saturated carbocycles. The van der Waals surface area contributed by atoms with Gasteiger partial charge in [0, 0.05) is 5.69 Å². The lowest BCUT2D eigenvalue weighted by atomic mass is 9.93. The third-order valence-electron chi connectivity index (χ3n) is 3.59. The van der Waals surface area contributed by atoms with Gasteiger partial charge in [-0.2, -0.15) is 0 Å². The van der Waals surface area contributed by atoms with E-state index in [2.05, 4.69) is 12.2 Å². The number of benzene rings is 2. The fraction of sp³-hybridized carbons (Fsp3) is 0.278. The fourth-order valence-electron chi connectivity index (χ4n) is 2.46. The van der Waals surface area contributed by atoms with Crippen LogP contribution < -0.4 is 15.8 Å². The summed E-state index contributed by atoms with van der Waals surface area (Å²) in [6.45, 7) is 2.08. The molecule has 22 heavy (non-hydrogen) atoms. The van der Waals surface area contributed by atoms with E-state index in [1.54, 1.807) is 25.3 Å². The monoisotopic (exact) mass is 298 g/mol. The standard InChI is InChI=1S/C18H22N2O2/c1-3-7-15(13-8-5-4-6-9-13)18(21)20-14-10-11-17(22-2)16(19)12-14/h4-6,8-12,15H,3,7,19H2,1-2H3,(H,20,21). The summed E-state index contributed by atoms with van der Waals surface area (Å²) in [6.07, 6.45) is 1.75. The van der Waals surface area contributed by atoms with E-state index in [1.807, 2.05) is 30.3 Å². The molecule has 2 rings (SSSR count). The van der Waals surface area contributed by atoms with Crippen molar-refractivity contribution in [3.63, 3.8) is 0 Å². The van der Waals surface area contributed by atoms with E-state index >= 15 is 0 Å². The Morgan fingerprint density at radius 2 is 1.95 bits per heavy atom. The van der Waals surface area contributed by atoms with Crippen molar-refractivity contribution in [2.24, 2.45) is 0 Å². The van der Waals surface area contributed by atoms with Crippen LogP contribution in [0.1, 0.15) is 31.2 Å². The van der Waals surface area contributed by atoms with Crippen LogP contribution in [-0.2, 0) is 4.79 Å². The van der Waals surface area contributed by atoms with Gasteiger partial charge in [-0.1, -0.05) is 43.7 Å². The molecule has 0 saturated heterocycles. The number of ether oxygens (including phenoxy) is 1. The maximum absolute atomic E-state index is 12.6. The van der Waals surface area contributed by atoms with Crippen LogP contribution in [0.5, 0.6) is 5.75 Å². The van der Waals surface area contributed by atoms with Gasteiger partial charge >= 0.3 is 0 Å². The zero-order valence-corrected chi connectivity index (χ0v) is 13.0. The number of hydrogen-bond acceptors (Lipinski definition) is 3. The molecule has 0 bridgehead atoms. The van der Waals surface area contributed by atoms with E-state index in [1.165, 1.54) is 0 Å². The van der Waals surface area contributed by atoms with Crippen LogP contribution in [0.4, 0.5) is 11.4 Å². The van der Waals surface area contributed by atoms with Gasteiger partial charge in [-0.15, -0.1) is 0 Å². The second-order valence-corrected chi connectivity index (χ2v) is 5.20. The van der Waals surface area contributed by atoms with Gasteiger partial charge in [-0.05, 0) is 30.2 Å². The molecule has 0 aliphatic rings. The van der Waals surface area contributed by atoms with Gasteiger partial charge in [0.05, 0.1) is 18.7 Å². The first kappa shape index (κ1) is 15.9. The first-order chi connectivity index (χ1) is 10.7. The quantitative estimate of drug-likeness (QED) is 0.797. The van der Waals surface area contributed by atoms with Crippen LogP contribution in [0, 0.1) is 0 Å². The van der Waals surface area contributed by atoms with Gasteiger partial charge < -0.3 is 15.8 Å². The Morgan fingerprint density at radius 3 is 2.55 bits per heavy atom. The molecule has 2 aromatic rings. The number of nitrogens with two attached hydrogens (primary N) is 1. The van der Waals surface area contributed by atoms with Crippen molar-refractivity contribution in [3.05, 3.63) is 54.1 Å². The molecule has 1 atom stereocenters. The molecule has 0 aliphatic carbocycles. The van der Waals surface area contributed by atoms with Crippen molar-refractivity contribution in [2.75, 3.05) is 18.2 Å². The third-order valence-corrected chi connectivity index (χ3v) is 3.59. The normalized spacial score (nSPS) is 11.7. The van der Waals surface area contributed by atoms with Crippen molar-refractivity contribution in [3.8, 4) is 5.75 Å². The summed E-state index contributed by atoms with van der Waals surface area (Å²) >= 11 is 0. The molecular weight excluding hydrogens is 276 g/mol. The molecule has 2 aromatic carbocycles. The average Bonchev–Trinajstić information content (AvgIpc) is 2.53. The van der Waals surface area contributed by atoms with Crippen LogP contribution in [0.2, 0.25) is 0 Å². The zero-order valence-electron chi connectivity index (χ0n) is 13.0. The van der Waals surface area contributed by atoms with E-state index in [-0.39, 0.29) is 11.8 Å². The molecule has 1 amide bonds. The lowest BCUT2D eigenvalue weighted by Crippen LogP contribution is -2.21. The Kier molecular flexibility index (Phi) is 5.42. The van der Waals surface area contributed by atoms with Gasteiger partial charge in [-0.3, -0.25) is 4.79 Å². The second kappa shape index (κ2) is 7.50. The molecule has 0 fully saturated rings. The molecular formula is C18H22N2O2. The highest BCUT2D eigenvalue weighted by molar-refractivity contribution is 5.96. The number of hydrogen-bond donors (Lipinski definition) is 2. The maximum atomic E-state index is 12.6. The number of carbonyl (C=O) groups excluding carboxylic acids is 1. The summed E-state index contributed by atoms with van der Waals surface area (Å²) in [7, 11) is 1.57. The summed E-state index contributed by atoms with van der Waals surface area (Å²) < 4.78 is 5.12. The minimum Gasteiger partial charge on any atom is -0.495 e. The van der Waals surface area contributed by atoms with Gasteiger partial charge in [0.15, 0.2) is 0 Å². The molecule has 0 aliphatic heterocycles. The van der Waals surface area contributed by atoms with Crippen molar-refractivity contribution >= 4 is 17.3 Å². The number of anilines is 2. The van der Waals surface area contributed by atoms with Crippen LogP contribution >= 0.6 is 0 Å². The Labute approximate surface area is 131 Å². The topological polar surface area (TPSA) is 64.3 Å². The number of nitrogens with one attached hydrogen (secondary N) is 1. The van der Waals surface area contributed by atoms with E-state index in [0.29, 0.717) is 17.1 Å². The molecule has 0 aromatic heterocycles. The molecule has 116 valence electrons. The van der Waals surface area contributed by atoms with Gasteiger partial charge in [0.2, 0.25) is 5.91 Å². The molecule has 0 radical (unpaired) electrons. The fourth-order valence-corrected chi connectivity index (χ4v) is 2.46. The van der Waals surface area contributed by atoms with Crippen LogP contribution in [0.25, 0.3) is 0 Å². The molecule has 3 N–H and O–H groups in total. The predicted octanol–water partition coefficient (Wildman–Crippen LogP) is 3.80. The molecule has 0 spiro atoms. The molecule has 0 heterocycles. The highest BCUT2D eigenvalue weighted by atomic mass is 16.5. The Hall–Kier alpha value is -2.49. The van der Waals surface area contributed by atoms with Gasteiger partial charge in [0.25, 0.3) is 0 Å². The van der Waals surface area contributed by atoms with Crippen LogP contribution in [0.15, 0.2) is 48.5 Å². The predicted molar refractivity (Wildman–Crippen MR) is 90.1 cm³/mol. The number of carbonyl (C=O) groups is 1. The maximum Gasteiger partial charge on any atom is 0.231 e. The number of methoxy groups -OCH3 is 1. The molecule has 4 heteroatoms. The van der Waals surface area contributed by atoms with E-state index in [4.69, 9.17) is 10.5 Å². The van der Waals surface area contributed by atoms with E-state index < -0.39 is 0 Å². The summed E-state index contributed by atoms with van der Waals surface area (Å²) in [4.78, 5) is 12.6. The first-order valence-corrected chi connectivity index (χ1v) is 7.45. The van der Waals surface area contributed by atoms with Crippen molar-refractivity contribution < 1.29 is 9.53 Å². The van der Waals surface area contributed by atoms with Crippen LogP contribution in [0.3, 0.4) is 0 Å². The van der Waals surface area contributed by atoms with E-state index in [9.17, 15) is 4.79 Å².